The normalized spacial score (nSPS) is 13.3. The Labute approximate surface area is 111 Å². The lowest BCUT2D eigenvalue weighted by Crippen LogP contribution is -2.14. The predicted octanol–water partition coefficient (Wildman–Crippen LogP) is 3.17. The largest absolute Gasteiger partial charge is 0.433 e. The van der Waals surface area contributed by atoms with Gasteiger partial charge < -0.3 is 5.32 Å². The summed E-state index contributed by atoms with van der Waals surface area (Å²) < 4.78 is 37.4. The molecule has 2 aromatic heterocycles. The van der Waals surface area contributed by atoms with Gasteiger partial charge >= 0.3 is 6.18 Å². The summed E-state index contributed by atoms with van der Waals surface area (Å²) in [6.07, 6.45) is -1.68. The number of rotatable bonds is 4. The highest BCUT2D eigenvalue weighted by molar-refractivity contribution is 7.09. The van der Waals surface area contributed by atoms with Gasteiger partial charge in [0.1, 0.15) is 5.69 Å². The summed E-state index contributed by atoms with van der Waals surface area (Å²) in [5, 5.41) is 5.56. The molecule has 0 aromatic carbocycles. The molecule has 1 atom stereocenters. The van der Waals surface area contributed by atoms with Crippen LogP contribution in [0.2, 0.25) is 0 Å². The summed E-state index contributed by atoms with van der Waals surface area (Å²) in [4.78, 5) is 11.3. The van der Waals surface area contributed by atoms with E-state index in [-0.39, 0.29) is 11.9 Å². The monoisotopic (exact) mass is 288 g/mol. The van der Waals surface area contributed by atoms with E-state index in [4.69, 9.17) is 0 Å². The second-order valence-electron chi connectivity index (χ2n) is 3.92. The number of thiazole rings is 1. The lowest BCUT2D eigenvalue weighted by molar-refractivity contribution is -0.141. The fraction of sp³-hybridized carbons (Fsp3) is 0.364. The van der Waals surface area contributed by atoms with Crippen molar-refractivity contribution in [2.75, 3.05) is 11.9 Å². The van der Waals surface area contributed by atoms with Crippen LogP contribution in [0.5, 0.6) is 0 Å². The number of alkyl halides is 3. The molecule has 19 heavy (non-hydrogen) atoms. The molecule has 0 aliphatic heterocycles. The van der Waals surface area contributed by atoms with Crippen LogP contribution in [0.1, 0.15) is 23.5 Å². The van der Waals surface area contributed by atoms with Crippen LogP contribution in [0.4, 0.5) is 19.1 Å². The maximum atomic E-state index is 12.5. The van der Waals surface area contributed by atoms with Gasteiger partial charge in [-0.1, -0.05) is 6.92 Å². The average molecular weight is 288 g/mol. The molecule has 0 bridgehead atoms. The number of hydrogen-bond donors (Lipinski definition) is 1. The fourth-order valence-corrected chi connectivity index (χ4v) is 2.11. The van der Waals surface area contributed by atoms with Gasteiger partial charge in [-0.05, 0) is 6.07 Å². The first-order valence-electron chi connectivity index (χ1n) is 5.50. The summed E-state index contributed by atoms with van der Waals surface area (Å²) in [7, 11) is 0. The van der Waals surface area contributed by atoms with E-state index < -0.39 is 11.9 Å². The first-order chi connectivity index (χ1) is 8.97. The van der Waals surface area contributed by atoms with Crippen LogP contribution < -0.4 is 5.32 Å². The molecule has 2 aromatic rings. The van der Waals surface area contributed by atoms with Gasteiger partial charge in [-0.2, -0.15) is 13.2 Å². The van der Waals surface area contributed by atoms with Crippen LogP contribution in [0.15, 0.2) is 23.8 Å². The van der Waals surface area contributed by atoms with Crippen molar-refractivity contribution in [3.05, 3.63) is 34.5 Å². The van der Waals surface area contributed by atoms with Crippen LogP contribution in [0.3, 0.4) is 0 Å². The SMILES string of the molecule is CC(CNc1nccc(C(F)(F)F)n1)c1nccs1. The van der Waals surface area contributed by atoms with Gasteiger partial charge in [0.05, 0.1) is 5.01 Å². The Morgan fingerprint density at radius 2 is 2.11 bits per heavy atom. The van der Waals surface area contributed by atoms with Gasteiger partial charge in [0.15, 0.2) is 0 Å². The molecule has 0 saturated heterocycles. The molecule has 0 aliphatic carbocycles. The fourth-order valence-electron chi connectivity index (χ4n) is 1.41. The topological polar surface area (TPSA) is 50.7 Å². The third-order valence-corrected chi connectivity index (χ3v) is 3.39. The first kappa shape index (κ1) is 13.7. The van der Waals surface area contributed by atoms with Crippen LogP contribution in [0.25, 0.3) is 0 Å². The van der Waals surface area contributed by atoms with E-state index in [2.05, 4.69) is 20.3 Å². The molecule has 0 fully saturated rings. The number of aromatic nitrogens is 3. The highest BCUT2D eigenvalue weighted by atomic mass is 32.1. The highest BCUT2D eigenvalue weighted by Gasteiger charge is 2.32. The van der Waals surface area contributed by atoms with Crippen molar-refractivity contribution in [2.24, 2.45) is 0 Å². The summed E-state index contributed by atoms with van der Waals surface area (Å²) >= 11 is 1.50. The summed E-state index contributed by atoms with van der Waals surface area (Å²) in [5.74, 6) is 0.0522. The van der Waals surface area contributed by atoms with E-state index in [1.165, 1.54) is 11.3 Å². The molecule has 0 aliphatic rings. The van der Waals surface area contributed by atoms with Gasteiger partial charge in [-0.25, -0.2) is 15.0 Å². The van der Waals surface area contributed by atoms with Crippen LogP contribution in [0, 0.1) is 0 Å². The summed E-state index contributed by atoms with van der Waals surface area (Å²) in [6.45, 7) is 2.36. The third-order valence-electron chi connectivity index (χ3n) is 2.39. The lowest BCUT2D eigenvalue weighted by atomic mass is 10.2. The van der Waals surface area contributed by atoms with Gasteiger partial charge in [-0.3, -0.25) is 0 Å². The zero-order valence-corrected chi connectivity index (χ0v) is 10.8. The van der Waals surface area contributed by atoms with Crippen molar-refractivity contribution in [1.29, 1.82) is 0 Å². The number of nitrogens with one attached hydrogen (secondary N) is 1. The number of hydrogen-bond acceptors (Lipinski definition) is 5. The molecular formula is C11H11F3N4S. The van der Waals surface area contributed by atoms with Crippen molar-refractivity contribution in [3.8, 4) is 0 Å². The molecular weight excluding hydrogens is 277 g/mol. The zero-order valence-electron chi connectivity index (χ0n) is 9.98. The third kappa shape index (κ3) is 3.63. The lowest BCUT2D eigenvalue weighted by Gasteiger charge is -2.11. The molecule has 0 spiro atoms. The maximum Gasteiger partial charge on any atom is 0.433 e. The Hall–Kier alpha value is -1.70. The molecule has 2 rings (SSSR count). The summed E-state index contributed by atoms with van der Waals surface area (Å²) in [5.41, 5.74) is -0.952. The van der Waals surface area contributed by atoms with Crippen molar-refractivity contribution in [2.45, 2.75) is 19.0 Å². The minimum atomic E-state index is -4.46. The molecule has 4 nitrogen and oxygen atoms in total. The van der Waals surface area contributed by atoms with Crippen molar-refractivity contribution < 1.29 is 13.2 Å². The van der Waals surface area contributed by atoms with Gasteiger partial charge in [0, 0.05) is 30.2 Å². The molecule has 102 valence electrons. The highest BCUT2D eigenvalue weighted by Crippen LogP contribution is 2.27. The van der Waals surface area contributed by atoms with E-state index in [0.29, 0.717) is 6.54 Å². The van der Waals surface area contributed by atoms with E-state index >= 15 is 0 Å². The van der Waals surface area contributed by atoms with Crippen LogP contribution >= 0.6 is 11.3 Å². The van der Waals surface area contributed by atoms with Gasteiger partial charge in [0.25, 0.3) is 0 Å². The van der Waals surface area contributed by atoms with Gasteiger partial charge in [0.2, 0.25) is 5.95 Å². The van der Waals surface area contributed by atoms with Crippen LogP contribution in [-0.2, 0) is 6.18 Å². The zero-order chi connectivity index (χ0) is 13.9. The Morgan fingerprint density at radius 1 is 1.32 bits per heavy atom. The van der Waals surface area contributed by atoms with Crippen molar-refractivity contribution >= 4 is 17.3 Å². The smallest absolute Gasteiger partial charge is 0.354 e. The Kier molecular flexibility index (Phi) is 3.98. The Bertz CT molecular complexity index is 527. The van der Waals surface area contributed by atoms with E-state index in [1.54, 1.807) is 6.20 Å². The molecule has 2 heterocycles. The quantitative estimate of drug-likeness (QED) is 0.939. The second kappa shape index (κ2) is 5.52. The first-order valence-corrected chi connectivity index (χ1v) is 6.38. The van der Waals surface area contributed by atoms with E-state index in [1.807, 2.05) is 12.3 Å². The number of nitrogens with zero attached hydrogens (tertiary/aromatic N) is 3. The molecule has 0 amide bonds. The molecule has 1 N–H and O–H groups in total. The second-order valence-corrected chi connectivity index (χ2v) is 4.84. The summed E-state index contributed by atoms with van der Waals surface area (Å²) in [6, 6.07) is 0.843. The number of halogens is 3. The van der Waals surface area contributed by atoms with Gasteiger partial charge in [-0.15, -0.1) is 11.3 Å². The van der Waals surface area contributed by atoms with E-state index in [0.717, 1.165) is 17.3 Å². The minimum Gasteiger partial charge on any atom is -0.354 e. The molecule has 8 heteroatoms. The standard InChI is InChI=1S/C11H11F3N4S/c1-7(9-15-4-5-19-9)6-17-10-16-3-2-8(18-10)11(12,13)14/h2-5,7H,6H2,1H3,(H,16,17,18). The van der Waals surface area contributed by atoms with E-state index in [9.17, 15) is 13.2 Å². The average Bonchev–Trinajstić information content (AvgIpc) is 2.89. The number of anilines is 1. The van der Waals surface area contributed by atoms with Crippen LogP contribution in [-0.4, -0.2) is 21.5 Å². The maximum absolute atomic E-state index is 12.5. The Balaban J connectivity index is 2.00. The predicted molar refractivity (Wildman–Crippen MR) is 66.1 cm³/mol. The Morgan fingerprint density at radius 3 is 2.74 bits per heavy atom. The van der Waals surface area contributed by atoms with Crippen molar-refractivity contribution in [3.63, 3.8) is 0 Å². The molecule has 0 radical (unpaired) electrons. The molecule has 0 saturated carbocycles. The molecule has 1 unspecified atom stereocenters. The van der Waals surface area contributed by atoms with Crippen molar-refractivity contribution in [1.82, 2.24) is 15.0 Å². The minimum absolute atomic E-state index is 0.0294.